The average molecular weight is 525 g/mol. The quantitative estimate of drug-likeness (QED) is 0.173. The smallest absolute Gasteiger partial charge is 0.00550 e. The predicted molar refractivity (Wildman–Crippen MR) is 169 cm³/mol. The van der Waals surface area contributed by atoms with Crippen LogP contribution in [0, 0.1) is 11.3 Å². The first-order valence-electron chi connectivity index (χ1n) is 13.7. The van der Waals surface area contributed by atoms with Crippen LogP contribution in [-0.2, 0) is 0 Å². The molecule has 0 saturated carbocycles. The molecule has 37 heavy (non-hydrogen) atoms. The fourth-order valence-electron chi connectivity index (χ4n) is 5.23. The van der Waals surface area contributed by atoms with Gasteiger partial charge < -0.3 is 0 Å². The van der Waals surface area contributed by atoms with Crippen molar-refractivity contribution in [2.24, 2.45) is 11.3 Å². The van der Waals surface area contributed by atoms with Crippen LogP contribution in [0.1, 0.15) is 47.5 Å². The van der Waals surface area contributed by atoms with Gasteiger partial charge in [-0.1, -0.05) is 162 Å². The third-order valence-corrected chi connectivity index (χ3v) is 14.4. The second-order valence-electron chi connectivity index (χ2n) is 10.9. The van der Waals surface area contributed by atoms with Crippen molar-refractivity contribution in [3.63, 3.8) is 0 Å². The lowest BCUT2D eigenvalue weighted by Gasteiger charge is -2.42. The minimum Gasteiger partial charge on any atom is -0.0649 e. The van der Waals surface area contributed by atoms with Gasteiger partial charge in [0.05, 0.1) is 0 Å². The Labute approximate surface area is 228 Å². The first-order valence-corrected chi connectivity index (χ1v) is 16.5. The van der Waals surface area contributed by atoms with Gasteiger partial charge in [0.2, 0.25) is 0 Å². The summed E-state index contributed by atoms with van der Waals surface area (Å²) in [5, 5.41) is 5.97. The van der Waals surface area contributed by atoms with Gasteiger partial charge in [0.1, 0.15) is 0 Å². The van der Waals surface area contributed by atoms with Crippen LogP contribution in [0.2, 0.25) is 0 Å². The van der Waals surface area contributed by atoms with E-state index >= 15 is 0 Å². The van der Waals surface area contributed by atoms with Crippen LogP contribution in [0.3, 0.4) is 0 Å². The lowest BCUT2D eigenvalue weighted by Crippen LogP contribution is -2.36. The molecule has 0 aliphatic heterocycles. The molecule has 0 radical (unpaired) electrons. The van der Waals surface area contributed by atoms with Gasteiger partial charge >= 0.3 is 0 Å². The first kappa shape index (κ1) is 27.8. The minimum atomic E-state index is -0.535. The average Bonchev–Trinajstić information content (AvgIpc) is 2.95. The minimum absolute atomic E-state index is 0.314. The normalized spacial score (nSPS) is 14.5. The molecule has 0 saturated heterocycles. The molecular weight excluding hydrogens is 482 g/mol. The van der Waals surface area contributed by atoms with Crippen LogP contribution in [0.25, 0.3) is 0 Å². The molecule has 192 valence electrons. The molecule has 3 unspecified atom stereocenters. The first-order chi connectivity index (χ1) is 17.9. The third-order valence-electron chi connectivity index (χ3n) is 8.27. The maximum Gasteiger partial charge on any atom is -0.00550 e. The van der Waals surface area contributed by atoms with Crippen molar-refractivity contribution in [1.29, 1.82) is 0 Å². The Hall–Kier alpha value is -2.26. The van der Waals surface area contributed by atoms with E-state index in [0.717, 1.165) is 0 Å². The maximum atomic E-state index is 2.56. The Morgan fingerprint density at radius 1 is 0.541 bits per heavy atom. The van der Waals surface area contributed by atoms with Crippen molar-refractivity contribution < 1.29 is 0 Å². The van der Waals surface area contributed by atoms with E-state index < -0.39 is 15.8 Å². The highest BCUT2D eigenvalue weighted by Crippen LogP contribution is 2.54. The number of rotatable bonds is 11. The fraction of sp³-hybridized carbons (Fsp3) is 0.314. The second kappa shape index (κ2) is 13.0. The van der Waals surface area contributed by atoms with E-state index in [0.29, 0.717) is 22.7 Å². The maximum absolute atomic E-state index is 2.56. The van der Waals surface area contributed by atoms with Crippen LogP contribution in [0.15, 0.2) is 121 Å². The highest BCUT2D eigenvalue weighted by atomic mass is 31.1. The molecule has 0 amide bonds. The van der Waals surface area contributed by atoms with Crippen LogP contribution in [0.4, 0.5) is 0 Å². The Morgan fingerprint density at radius 2 is 0.865 bits per heavy atom. The zero-order valence-electron chi connectivity index (χ0n) is 23.1. The topological polar surface area (TPSA) is 0 Å². The molecule has 0 spiro atoms. The number of benzene rings is 4. The summed E-state index contributed by atoms with van der Waals surface area (Å²) in [6.07, 6.45) is 2.44. The molecular formula is C35H42P2. The van der Waals surface area contributed by atoms with E-state index in [9.17, 15) is 0 Å². The van der Waals surface area contributed by atoms with Crippen molar-refractivity contribution >= 4 is 37.1 Å². The number of hydrogen-bond acceptors (Lipinski definition) is 0. The van der Waals surface area contributed by atoms with Gasteiger partial charge in [-0.15, -0.1) is 0 Å². The monoisotopic (exact) mass is 524 g/mol. The Balaban J connectivity index is 1.88. The van der Waals surface area contributed by atoms with Gasteiger partial charge in [-0.25, -0.2) is 0 Å². The molecule has 0 heterocycles. The Morgan fingerprint density at radius 3 is 1.19 bits per heavy atom. The van der Waals surface area contributed by atoms with E-state index in [2.05, 4.69) is 156 Å². The largest absolute Gasteiger partial charge is 0.0649 e. The predicted octanol–water partition coefficient (Wildman–Crippen LogP) is 8.47. The van der Waals surface area contributed by atoms with E-state index in [1.54, 1.807) is 0 Å². The van der Waals surface area contributed by atoms with Gasteiger partial charge in [-0.3, -0.25) is 0 Å². The molecule has 0 fully saturated rings. The molecule has 4 aromatic rings. The molecule has 0 N–H and O–H groups in total. The lowest BCUT2D eigenvalue weighted by molar-refractivity contribution is 0.207. The van der Waals surface area contributed by atoms with Crippen LogP contribution < -0.4 is 21.2 Å². The highest BCUT2D eigenvalue weighted by molar-refractivity contribution is 7.77. The molecule has 4 aromatic carbocycles. The fourth-order valence-corrected chi connectivity index (χ4v) is 11.7. The molecule has 0 aliphatic carbocycles. The summed E-state index contributed by atoms with van der Waals surface area (Å²) in [5.41, 5.74) is 1.41. The van der Waals surface area contributed by atoms with Crippen molar-refractivity contribution in [3.05, 3.63) is 121 Å². The van der Waals surface area contributed by atoms with E-state index in [1.165, 1.54) is 34.1 Å². The van der Waals surface area contributed by atoms with Crippen LogP contribution >= 0.6 is 15.8 Å². The molecule has 0 aromatic heterocycles. The molecule has 3 atom stereocenters. The summed E-state index contributed by atoms with van der Waals surface area (Å²) in [5.74, 6) is 0.630. The van der Waals surface area contributed by atoms with E-state index in [4.69, 9.17) is 0 Å². The third kappa shape index (κ3) is 6.79. The summed E-state index contributed by atoms with van der Waals surface area (Å²) in [4.78, 5) is 0. The van der Waals surface area contributed by atoms with Crippen LogP contribution in [-0.4, -0.2) is 11.3 Å². The van der Waals surface area contributed by atoms with E-state index in [-0.39, 0.29) is 0 Å². The van der Waals surface area contributed by atoms with Gasteiger partial charge in [0, 0.05) is 0 Å². The highest BCUT2D eigenvalue weighted by Gasteiger charge is 2.38. The van der Waals surface area contributed by atoms with Crippen molar-refractivity contribution in [3.8, 4) is 0 Å². The summed E-state index contributed by atoms with van der Waals surface area (Å²) in [6, 6.07) is 45.3. The van der Waals surface area contributed by atoms with Crippen LogP contribution in [0.5, 0.6) is 0 Å². The summed E-state index contributed by atoms with van der Waals surface area (Å²) in [7, 11) is -1.05. The van der Waals surface area contributed by atoms with Crippen molar-refractivity contribution in [1.82, 2.24) is 0 Å². The van der Waals surface area contributed by atoms with Gasteiger partial charge in [0.15, 0.2) is 0 Å². The second-order valence-corrected chi connectivity index (χ2v) is 15.9. The molecule has 0 aliphatic rings. The lowest BCUT2D eigenvalue weighted by atomic mass is 9.75. The summed E-state index contributed by atoms with van der Waals surface area (Å²) < 4.78 is 0. The molecule has 2 heteroatoms. The van der Waals surface area contributed by atoms with E-state index in [1.807, 2.05) is 0 Å². The Bertz CT molecular complexity index is 1110. The zero-order valence-corrected chi connectivity index (χ0v) is 24.9. The molecule has 0 bridgehead atoms. The standard InChI is InChI=1S/C35H42P2/c1-6-35(4,5)28(2)27-34(37(32-23-15-9-16-24-32)33-25-17-10-18-26-33)29(3)36(30-19-11-7-12-20-30)31-21-13-8-14-22-31/h7-26,28-29,34H,6,27H2,1-5H3. The molecule has 4 rings (SSSR count). The number of hydrogen-bond donors (Lipinski definition) is 0. The summed E-state index contributed by atoms with van der Waals surface area (Å²) in [6.45, 7) is 12.3. The zero-order chi connectivity index (χ0) is 26.3. The summed E-state index contributed by atoms with van der Waals surface area (Å²) >= 11 is 0. The van der Waals surface area contributed by atoms with Gasteiger partial charge in [0.25, 0.3) is 0 Å². The van der Waals surface area contributed by atoms with Crippen molar-refractivity contribution in [2.45, 2.75) is 58.8 Å². The Kier molecular flexibility index (Phi) is 9.76. The SMILES string of the molecule is CCC(C)(C)C(C)CC(C(C)P(c1ccccc1)c1ccccc1)P(c1ccccc1)c1ccccc1. The van der Waals surface area contributed by atoms with Gasteiger partial charge in [-0.2, -0.15) is 0 Å². The van der Waals surface area contributed by atoms with Crippen molar-refractivity contribution in [2.75, 3.05) is 0 Å². The van der Waals surface area contributed by atoms with Gasteiger partial charge in [-0.05, 0) is 66.1 Å². The molecule has 0 nitrogen and oxygen atoms in total.